The van der Waals surface area contributed by atoms with Gasteiger partial charge in [-0.2, -0.15) is 5.01 Å². The molecule has 0 radical (unpaired) electrons. The van der Waals surface area contributed by atoms with Crippen LogP contribution in [0.25, 0.3) is 0 Å². The smallest absolute Gasteiger partial charge is 0.271 e. The Hall–Kier alpha value is -5.19. The quantitative estimate of drug-likeness (QED) is 0.0597. The first kappa shape index (κ1) is 37.7. The second-order valence-electron chi connectivity index (χ2n) is 14.1. The number of nitro benzene ring substituents is 1. The lowest BCUT2D eigenvalue weighted by molar-refractivity contribution is -0.384. The SMILES string of the molecule is COc1ccc(C23C(=O)N(Nc4ccc(Cl)cc4Cl)C(=O)C2CC2C(=CCC4C(=O)N(c5cccc([N+](=O)[O-])c5)C(=O)C42)C3c2cc(I)c(O)c(OC)c2)cc1. The first-order valence-corrected chi connectivity index (χ1v) is 19.3. The molecule has 56 heavy (non-hydrogen) atoms. The van der Waals surface area contributed by atoms with Crippen molar-refractivity contribution in [3.63, 3.8) is 0 Å². The van der Waals surface area contributed by atoms with E-state index in [9.17, 15) is 29.6 Å². The standard InChI is InChI=1S/C40H31Cl2IN4O9/c1-55-24-9-6-20(7-10-24)40-28(37(50)46(39(40)52)44-31-13-8-21(41)16-29(31)42)18-27-25(34(40)19-14-30(43)35(48)32(15-19)56-2)11-12-26-33(27)38(51)45(36(26)49)22-4-3-5-23(17-22)47(53)54/h3-11,13-17,26-28,33-34,44,48H,12,18H2,1-2H3. The molecule has 4 aromatic rings. The van der Waals surface area contributed by atoms with E-state index >= 15 is 4.79 Å². The van der Waals surface area contributed by atoms with Gasteiger partial charge in [-0.3, -0.25) is 34.7 Å². The average Bonchev–Trinajstić information content (AvgIpc) is 3.57. The van der Waals surface area contributed by atoms with Crippen LogP contribution in [0.2, 0.25) is 10.0 Å². The van der Waals surface area contributed by atoms with Crippen LogP contribution in [-0.4, -0.2) is 52.9 Å². The molecule has 8 rings (SSSR count). The lowest BCUT2D eigenvalue weighted by atomic mass is 9.49. The minimum atomic E-state index is -1.64. The van der Waals surface area contributed by atoms with E-state index in [1.54, 1.807) is 48.5 Å². The summed E-state index contributed by atoms with van der Waals surface area (Å²) in [7, 11) is 2.92. The van der Waals surface area contributed by atoms with Crippen molar-refractivity contribution in [2.45, 2.75) is 24.2 Å². The Bertz CT molecular complexity index is 2410. The first-order valence-electron chi connectivity index (χ1n) is 17.4. The summed E-state index contributed by atoms with van der Waals surface area (Å²) < 4.78 is 11.5. The Balaban J connectivity index is 1.34. The third-order valence-electron chi connectivity index (χ3n) is 11.5. The Morgan fingerprint density at radius 2 is 1.68 bits per heavy atom. The number of phenolic OH excluding ortho intramolecular Hbond substituents is 1. The fourth-order valence-electron chi connectivity index (χ4n) is 9.13. The lowest BCUT2D eigenvalue weighted by Crippen LogP contribution is -2.53. The van der Waals surface area contributed by atoms with Gasteiger partial charge in [0.1, 0.15) is 5.75 Å². The Morgan fingerprint density at radius 3 is 2.36 bits per heavy atom. The second-order valence-corrected chi connectivity index (χ2v) is 16.1. The van der Waals surface area contributed by atoms with Gasteiger partial charge in [-0.1, -0.05) is 53.1 Å². The Kier molecular flexibility index (Phi) is 9.48. The van der Waals surface area contributed by atoms with Crippen molar-refractivity contribution in [2.24, 2.45) is 23.7 Å². The normalized spacial score (nSPS) is 25.4. The van der Waals surface area contributed by atoms with Gasteiger partial charge in [0.05, 0.1) is 62.3 Å². The molecule has 2 N–H and O–H groups in total. The number of anilines is 2. The topological polar surface area (TPSA) is 169 Å². The van der Waals surface area contributed by atoms with Crippen molar-refractivity contribution in [3.8, 4) is 17.2 Å². The highest BCUT2D eigenvalue weighted by molar-refractivity contribution is 14.1. The van der Waals surface area contributed by atoms with Gasteiger partial charge in [0, 0.05) is 23.1 Å². The number of benzene rings is 4. The number of allylic oxidation sites excluding steroid dienone is 2. The number of nitrogens with zero attached hydrogens (tertiary/aromatic N) is 3. The zero-order valence-corrected chi connectivity index (χ0v) is 33.2. The summed E-state index contributed by atoms with van der Waals surface area (Å²) in [5.74, 6) is -6.22. The second kappa shape index (κ2) is 14.1. The highest BCUT2D eigenvalue weighted by atomic mass is 127. The molecule has 13 nitrogen and oxygen atoms in total. The number of nitro groups is 1. The predicted octanol–water partition coefficient (Wildman–Crippen LogP) is 7.42. The van der Waals surface area contributed by atoms with Gasteiger partial charge < -0.3 is 14.6 Å². The number of hydrogen-bond donors (Lipinski definition) is 2. The fourth-order valence-corrected chi connectivity index (χ4v) is 10.2. The molecular formula is C40H31Cl2IN4O9. The number of phenols is 1. The van der Waals surface area contributed by atoms with Crippen molar-refractivity contribution in [3.05, 3.63) is 125 Å². The van der Waals surface area contributed by atoms with Crippen LogP contribution >= 0.6 is 45.8 Å². The third-order valence-corrected chi connectivity index (χ3v) is 12.9. The van der Waals surface area contributed by atoms with Crippen LogP contribution in [0.4, 0.5) is 17.1 Å². The number of hydrazine groups is 1. The maximum Gasteiger partial charge on any atom is 0.271 e. The molecule has 1 saturated carbocycles. The van der Waals surface area contributed by atoms with Crippen molar-refractivity contribution in [2.75, 3.05) is 24.5 Å². The van der Waals surface area contributed by atoms with Crippen molar-refractivity contribution < 1.29 is 38.7 Å². The van der Waals surface area contributed by atoms with E-state index in [1.165, 1.54) is 44.6 Å². The molecule has 3 fully saturated rings. The Labute approximate surface area is 343 Å². The number of non-ortho nitro benzene ring substituents is 1. The fraction of sp³-hybridized carbons (Fsp3) is 0.250. The van der Waals surface area contributed by atoms with Crippen LogP contribution in [0.5, 0.6) is 17.2 Å². The van der Waals surface area contributed by atoms with Crippen LogP contribution in [0.15, 0.2) is 90.5 Å². The zero-order chi connectivity index (χ0) is 39.8. The van der Waals surface area contributed by atoms with Gasteiger partial charge >= 0.3 is 0 Å². The lowest BCUT2D eigenvalue weighted by Gasteiger charge is -2.50. The van der Waals surface area contributed by atoms with Crippen LogP contribution < -0.4 is 19.8 Å². The van der Waals surface area contributed by atoms with Crippen LogP contribution in [0.1, 0.15) is 29.9 Å². The minimum Gasteiger partial charge on any atom is -0.504 e. The van der Waals surface area contributed by atoms with Crippen LogP contribution in [0, 0.1) is 37.4 Å². The molecule has 2 saturated heterocycles. The molecule has 16 heteroatoms. The summed E-state index contributed by atoms with van der Waals surface area (Å²) in [4.78, 5) is 71.2. The monoisotopic (exact) mass is 908 g/mol. The molecule has 4 aromatic carbocycles. The highest BCUT2D eigenvalue weighted by Crippen LogP contribution is 2.65. The van der Waals surface area contributed by atoms with Gasteiger partial charge in [-0.15, -0.1) is 0 Å². The van der Waals surface area contributed by atoms with E-state index in [2.05, 4.69) is 5.43 Å². The molecule has 0 aromatic heterocycles. The maximum absolute atomic E-state index is 15.5. The number of ether oxygens (including phenoxy) is 2. The summed E-state index contributed by atoms with van der Waals surface area (Å²) in [6.45, 7) is 0. The molecule has 286 valence electrons. The largest absolute Gasteiger partial charge is 0.504 e. The summed E-state index contributed by atoms with van der Waals surface area (Å²) in [6, 6.07) is 20.2. The number of hydrogen-bond acceptors (Lipinski definition) is 10. The van der Waals surface area contributed by atoms with Crippen LogP contribution in [-0.2, 0) is 24.6 Å². The molecule has 6 unspecified atom stereocenters. The highest BCUT2D eigenvalue weighted by Gasteiger charge is 2.70. The third kappa shape index (κ3) is 5.63. The van der Waals surface area contributed by atoms with E-state index in [0.717, 1.165) is 9.91 Å². The summed E-state index contributed by atoms with van der Waals surface area (Å²) in [6.07, 6.45) is 2.01. The predicted molar refractivity (Wildman–Crippen MR) is 214 cm³/mol. The van der Waals surface area contributed by atoms with Crippen molar-refractivity contribution in [1.29, 1.82) is 0 Å². The number of fused-ring (bicyclic) bond motifs is 4. The van der Waals surface area contributed by atoms with Crippen LogP contribution in [0.3, 0.4) is 0 Å². The number of nitrogens with one attached hydrogen (secondary N) is 1. The molecule has 2 aliphatic heterocycles. The van der Waals surface area contributed by atoms with Gasteiger partial charge in [0.25, 0.3) is 17.5 Å². The molecule has 2 heterocycles. The Morgan fingerprint density at radius 1 is 0.929 bits per heavy atom. The van der Waals surface area contributed by atoms with Gasteiger partial charge in [-0.05, 0) is 101 Å². The zero-order valence-electron chi connectivity index (χ0n) is 29.6. The number of methoxy groups -OCH3 is 2. The summed E-state index contributed by atoms with van der Waals surface area (Å²) in [5, 5.41) is 24.1. The number of carbonyl (C=O) groups is 4. The van der Waals surface area contributed by atoms with E-state index in [1.807, 2.05) is 28.7 Å². The van der Waals surface area contributed by atoms with Crippen molar-refractivity contribution >= 4 is 86.5 Å². The first-order chi connectivity index (χ1) is 26.8. The van der Waals surface area contributed by atoms with E-state index in [0.29, 0.717) is 31.0 Å². The number of rotatable bonds is 8. The molecule has 0 spiro atoms. The van der Waals surface area contributed by atoms with Gasteiger partial charge in [0.2, 0.25) is 11.8 Å². The molecule has 0 bridgehead atoms. The summed E-state index contributed by atoms with van der Waals surface area (Å²) in [5.41, 5.74) is 3.05. The molecular weight excluding hydrogens is 878 g/mol. The molecule has 4 amide bonds. The number of amides is 4. The van der Waals surface area contributed by atoms with E-state index in [-0.39, 0.29) is 46.4 Å². The maximum atomic E-state index is 15.5. The number of aromatic hydroxyl groups is 1. The molecule has 2 aliphatic carbocycles. The number of imide groups is 2. The number of halogens is 3. The van der Waals surface area contributed by atoms with Crippen molar-refractivity contribution in [1.82, 2.24) is 5.01 Å². The van der Waals surface area contributed by atoms with Gasteiger partial charge in [0.15, 0.2) is 11.5 Å². The van der Waals surface area contributed by atoms with Gasteiger partial charge in [-0.25, -0.2) is 4.90 Å². The molecule has 4 aliphatic rings. The van der Waals surface area contributed by atoms with E-state index in [4.69, 9.17) is 32.7 Å². The number of carbonyl (C=O) groups excluding carboxylic acids is 4. The average molecular weight is 910 g/mol. The molecule has 6 atom stereocenters. The minimum absolute atomic E-state index is 0.000735. The summed E-state index contributed by atoms with van der Waals surface area (Å²) >= 11 is 14.7. The van der Waals surface area contributed by atoms with E-state index < -0.39 is 63.6 Å².